The van der Waals surface area contributed by atoms with Crippen LogP contribution in [-0.2, 0) is 4.79 Å². The molecule has 27 heavy (non-hydrogen) atoms. The van der Waals surface area contributed by atoms with Gasteiger partial charge in [0.2, 0.25) is 5.91 Å². The number of amides is 1. The third kappa shape index (κ3) is 5.01. The van der Waals surface area contributed by atoms with Gasteiger partial charge in [0, 0.05) is 57.0 Å². The summed E-state index contributed by atoms with van der Waals surface area (Å²) in [6.07, 6.45) is 0.330. The fourth-order valence-corrected chi connectivity index (χ4v) is 3.07. The van der Waals surface area contributed by atoms with Crippen molar-refractivity contribution in [2.45, 2.75) is 6.42 Å². The minimum atomic E-state index is -0.480. The molecule has 0 spiro atoms. The number of nitrogens with one attached hydrogen (secondary N) is 1. The van der Waals surface area contributed by atoms with Crippen LogP contribution in [0, 0.1) is 15.9 Å². The molecule has 7 nitrogen and oxygen atoms in total. The van der Waals surface area contributed by atoms with Crippen molar-refractivity contribution in [3.63, 3.8) is 0 Å². The van der Waals surface area contributed by atoms with Crippen molar-refractivity contribution >= 4 is 23.0 Å². The molecule has 0 bridgehead atoms. The number of halogens is 1. The molecule has 0 aliphatic carbocycles. The number of carbonyl (C=O) groups excluding carboxylic acids is 1. The first-order chi connectivity index (χ1) is 13.0. The quantitative estimate of drug-likeness (QED) is 0.623. The third-order valence-corrected chi connectivity index (χ3v) is 4.58. The fourth-order valence-electron chi connectivity index (χ4n) is 3.07. The van der Waals surface area contributed by atoms with Gasteiger partial charge in [-0.3, -0.25) is 19.8 Å². The molecule has 3 rings (SSSR count). The van der Waals surface area contributed by atoms with Crippen LogP contribution >= 0.6 is 0 Å². The Morgan fingerprint density at radius 1 is 1.07 bits per heavy atom. The number of nitrogens with zero attached hydrogens (tertiary/aromatic N) is 3. The Bertz CT molecular complexity index is 805. The van der Waals surface area contributed by atoms with Crippen LogP contribution in [0.15, 0.2) is 48.5 Å². The van der Waals surface area contributed by atoms with Crippen molar-refractivity contribution in [2.75, 3.05) is 42.9 Å². The van der Waals surface area contributed by atoms with E-state index in [0.29, 0.717) is 37.4 Å². The van der Waals surface area contributed by atoms with Crippen molar-refractivity contribution in [1.82, 2.24) is 4.90 Å². The average molecular weight is 372 g/mol. The third-order valence-electron chi connectivity index (χ3n) is 4.58. The minimum Gasteiger partial charge on any atom is -0.367 e. The van der Waals surface area contributed by atoms with Gasteiger partial charge in [0.15, 0.2) is 0 Å². The number of para-hydroxylation sites is 1. The topological polar surface area (TPSA) is 78.7 Å². The number of hydrogen-bond acceptors (Lipinski definition) is 5. The molecule has 8 heteroatoms. The van der Waals surface area contributed by atoms with E-state index in [1.807, 2.05) is 11.0 Å². The maximum absolute atomic E-state index is 13.9. The van der Waals surface area contributed by atoms with Crippen molar-refractivity contribution < 1.29 is 14.1 Å². The summed E-state index contributed by atoms with van der Waals surface area (Å²) in [6.45, 7) is 3.57. The summed E-state index contributed by atoms with van der Waals surface area (Å²) in [6, 6.07) is 12.5. The Balaban J connectivity index is 1.42. The smallest absolute Gasteiger partial charge is 0.269 e. The number of non-ortho nitro benzene ring substituents is 1. The first-order valence-corrected chi connectivity index (χ1v) is 8.79. The molecular weight excluding hydrogens is 351 g/mol. The summed E-state index contributed by atoms with van der Waals surface area (Å²) < 4.78 is 13.9. The van der Waals surface area contributed by atoms with Crippen LogP contribution in [0.3, 0.4) is 0 Å². The van der Waals surface area contributed by atoms with Crippen LogP contribution in [0.4, 0.5) is 21.5 Å². The molecule has 1 amide bonds. The second kappa shape index (κ2) is 8.59. The van der Waals surface area contributed by atoms with E-state index in [1.165, 1.54) is 30.3 Å². The van der Waals surface area contributed by atoms with Crippen LogP contribution in [0.5, 0.6) is 0 Å². The maximum atomic E-state index is 13.9. The number of nitro groups is 1. The molecule has 1 saturated heterocycles. The standard InChI is InChI=1S/C19H21FN4O3/c20-17-3-1-2-4-18(17)23-13-11-22(12-14-23)10-9-19(25)21-15-5-7-16(8-6-15)24(26)27/h1-8H,9-14H2,(H,21,25). The van der Waals surface area contributed by atoms with E-state index in [-0.39, 0.29) is 17.4 Å². The molecule has 0 atom stereocenters. The molecule has 0 aromatic heterocycles. The van der Waals surface area contributed by atoms with Gasteiger partial charge in [-0.25, -0.2) is 4.39 Å². The molecule has 2 aromatic rings. The lowest BCUT2D eigenvalue weighted by molar-refractivity contribution is -0.384. The first kappa shape index (κ1) is 18.8. The number of benzene rings is 2. The highest BCUT2D eigenvalue weighted by Crippen LogP contribution is 2.20. The van der Waals surface area contributed by atoms with E-state index < -0.39 is 4.92 Å². The molecule has 1 heterocycles. The number of anilines is 2. The van der Waals surface area contributed by atoms with Gasteiger partial charge in [-0.05, 0) is 24.3 Å². The van der Waals surface area contributed by atoms with E-state index in [0.717, 1.165) is 13.1 Å². The van der Waals surface area contributed by atoms with E-state index >= 15 is 0 Å². The predicted octanol–water partition coefficient (Wildman–Crippen LogP) is 2.88. The van der Waals surface area contributed by atoms with Crippen molar-refractivity contribution in [2.24, 2.45) is 0 Å². The van der Waals surface area contributed by atoms with Crippen LogP contribution < -0.4 is 10.2 Å². The fraction of sp³-hybridized carbons (Fsp3) is 0.316. The van der Waals surface area contributed by atoms with Crippen molar-refractivity contribution in [3.05, 3.63) is 64.5 Å². The zero-order valence-corrected chi connectivity index (χ0v) is 14.8. The molecule has 0 saturated carbocycles. The van der Waals surface area contributed by atoms with E-state index in [4.69, 9.17) is 0 Å². The number of rotatable bonds is 6. The highest BCUT2D eigenvalue weighted by atomic mass is 19.1. The SMILES string of the molecule is O=C(CCN1CCN(c2ccccc2F)CC1)Nc1ccc([N+](=O)[O-])cc1. The molecule has 1 fully saturated rings. The first-order valence-electron chi connectivity index (χ1n) is 8.79. The average Bonchev–Trinajstić information content (AvgIpc) is 2.68. The molecule has 2 aromatic carbocycles. The molecular formula is C19H21FN4O3. The Morgan fingerprint density at radius 3 is 2.37 bits per heavy atom. The Morgan fingerprint density at radius 2 is 1.74 bits per heavy atom. The molecule has 1 N–H and O–H groups in total. The second-order valence-electron chi connectivity index (χ2n) is 6.38. The van der Waals surface area contributed by atoms with Gasteiger partial charge in [-0.15, -0.1) is 0 Å². The summed E-state index contributed by atoms with van der Waals surface area (Å²) in [4.78, 5) is 26.4. The second-order valence-corrected chi connectivity index (χ2v) is 6.38. The minimum absolute atomic E-state index is 0.0132. The van der Waals surface area contributed by atoms with Crippen molar-refractivity contribution in [3.8, 4) is 0 Å². The van der Waals surface area contributed by atoms with E-state index in [9.17, 15) is 19.3 Å². The number of hydrogen-bond donors (Lipinski definition) is 1. The number of carbonyl (C=O) groups is 1. The Labute approximate surface area is 156 Å². The lowest BCUT2D eigenvalue weighted by Crippen LogP contribution is -2.47. The lowest BCUT2D eigenvalue weighted by atomic mass is 10.2. The van der Waals surface area contributed by atoms with E-state index in [2.05, 4.69) is 10.2 Å². The number of piperazine rings is 1. The Kier molecular flexibility index (Phi) is 5.97. The van der Waals surface area contributed by atoms with Gasteiger partial charge in [-0.2, -0.15) is 0 Å². The number of nitro benzene ring substituents is 1. The predicted molar refractivity (Wildman–Crippen MR) is 101 cm³/mol. The molecule has 1 aliphatic heterocycles. The van der Waals surface area contributed by atoms with Crippen LogP contribution in [0.1, 0.15) is 6.42 Å². The summed E-state index contributed by atoms with van der Waals surface area (Å²) in [5, 5.41) is 13.4. The van der Waals surface area contributed by atoms with Gasteiger partial charge in [0.05, 0.1) is 10.6 Å². The van der Waals surface area contributed by atoms with Gasteiger partial charge < -0.3 is 10.2 Å². The largest absolute Gasteiger partial charge is 0.367 e. The summed E-state index contributed by atoms with van der Waals surface area (Å²) in [5.41, 5.74) is 1.14. The van der Waals surface area contributed by atoms with Crippen molar-refractivity contribution in [1.29, 1.82) is 0 Å². The van der Waals surface area contributed by atoms with Gasteiger partial charge in [0.1, 0.15) is 5.82 Å². The zero-order chi connectivity index (χ0) is 19.2. The van der Waals surface area contributed by atoms with Gasteiger partial charge >= 0.3 is 0 Å². The van der Waals surface area contributed by atoms with Crippen LogP contribution in [0.25, 0.3) is 0 Å². The highest BCUT2D eigenvalue weighted by Gasteiger charge is 2.19. The lowest BCUT2D eigenvalue weighted by Gasteiger charge is -2.36. The molecule has 0 unspecified atom stereocenters. The molecule has 1 aliphatic rings. The van der Waals surface area contributed by atoms with E-state index in [1.54, 1.807) is 12.1 Å². The maximum Gasteiger partial charge on any atom is 0.269 e. The van der Waals surface area contributed by atoms with Gasteiger partial charge in [-0.1, -0.05) is 12.1 Å². The Hall–Kier alpha value is -3.00. The normalized spacial score (nSPS) is 14.8. The molecule has 142 valence electrons. The van der Waals surface area contributed by atoms with Gasteiger partial charge in [0.25, 0.3) is 5.69 Å². The zero-order valence-electron chi connectivity index (χ0n) is 14.8. The monoisotopic (exact) mass is 372 g/mol. The van der Waals surface area contributed by atoms with Crippen LogP contribution in [0.2, 0.25) is 0 Å². The molecule has 0 radical (unpaired) electrons. The summed E-state index contributed by atoms with van der Waals surface area (Å²) >= 11 is 0. The van der Waals surface area contributed by atoms with Crippen LogP contribution in [-0.4, -0.2) is 48.5 Å². The summed E-state index contributed by atoms with van der Waals surface area (Å²) in [7, 11) is 0. The summed E-state index contributed by atoms with van der Waals surface area (Å²) in [5.74, 6) is -0.353. The highest BCUT2D eigenvalue weighted by molar-refractivity contribution is 5.90.